The second-order valence-corrected chi connectivity index (χ2v) is 3.84. The van der Waals surface area contributed by atoms with Gasteiger partial charge < -0.3 is 19.3 Å². The van der Waals surface area contributed by atoms with Gasteiger partial charge in [0.05, 0.1) is 0 Å². The fraction of sp³-hybridized carbons (Fsp3) is 0.125. The van der Waals surface area contributed by atoms with Crippen molar-refractivity contribution in [3.8, 4) is 5.75 Å². The molecule has 0 aliphatic carbocycles. The number of para-hydroxylation sites is 1. The van der Waals surface area contributed by atoms with Crippen LogP contribution in [0.25, 0.3) is 0 Å². The Morgan fingerprint density at radius 2 is 1.71 bits per heavy atom. The van der Waals surface area contributed by atoms with Gasteiger partial charge in [0.15, 0.2) is 6.35 Å². The lowest BCUT2D eigenvalue weighted by Crippen LogP contribution is -1.97. The molecule has 6 heteroatoms. The second kappa shape index (κ2) is 6.32. The molecule has 0 saturated carbocycles. The van der Waals surface area contributed by atoms with Crippen LogP contribution in [-0.2, 0) is 9.36 Å². The summed E-state index contributed by atoms with van der Waals surface area (Å²) in [6.45, 7) is 2.00. The molecule has 0 bridgehead atoms. The zero-order chi connectivity index (χ0) is 11.0. The van der Waals surface area contributed by atoms with Crippen LogP contribution >= 0.6 is 7.60 Å². The highest BCUT2D eigenvalue weighted by Gasteiger charge is 2.12. The van der Waals surface area contributed by atoms with Gasteiger partial charge in [-0.25, -0.2) is 0 Å². The molecule has 0 spiro atoms. The molecule has 0 atom stereocenters. The maximum atomic E-state index is 10.4. The van der Waals surface area contributed by atoms with Crippen molar-refractivity contribution in [2.45, 2.75) is 0 Å². The van der Waals surface area contributed by atoms with Crippen molar-refractivity contribution in [2.75, 3.05) is 6.35 Å². The SMILES string of the molecule is C=O.O=P(O)(O)COc1ccccc1. The molecule has 0 aliphatic rings. The molecule has 0 unspecified atom stereocenters. The molecule has 14 heavy (non-hydrogen) atoms. The molecular weight excluding hydrogens is 207 g/mol. The molecule has 1 rings (SSSR count). The van der Waals surface area contributed by atoms with E-state index in [-0.39, 0.29) is 0 Å². The van der Waals surface area contributed by atoms with Crippen LogP contribution in [0.1, 0.15) is 0 Å². The van der Waals surface area contributed by atoms with Crippen molar-refractivity contribution in [3.05, 3.63) is 30.3 Å². The van der Waals surface area contributed by atoms with Gasteiger partial charge >= 0.3 is 7.60 Å². The van der Waals surface area contributed by atoms with Gasteiger partial charge in [0, 0.05) is 0 Å². The minimum absolute atomic E-state index is 0.459. The van der Waals surface area contributed by atoms with Crippen LogP contribution in [0.5, 0.6) is 5.75 Å². The molecule has 0 saturated heterocycles. The average molecular weight is 218 g/mol. The third kappa shape index (κ3) is 6.37. The Hall–Kier alpha value is -1.16. The third-order valence-electron chi connectivity index (χ3n) is 1.14. The zero-order valence-corrected chi connectivity index (χ0v) is 8.26. The van der Waals surface area contributed by atoms with Crippen molar-refractivity contribution < 1.29 is 23.9 Å². The van der Waals surface area contributed by atoms with Crippen molar-refractivity contribution in [2.24, 2.45) is 0 Å². The molecule has 2 N–H and O–H groups in total. The Morgan fingerprint density at radius 3 is 2.14 bits per heavy atom. The standard InChI is InChI=1S/C7H9O4P.CH2O/c8-12(9,10)6-11-7-4-2-1-3-5-7;1-2/h1-5H,6H2,(H2,8,9,10);1H2. The van der Waals surface area contributed by atoms with Gasteiger partial charge in [0.25, 0.3) is 0 Å². The van der Waals surface area contributed by atoms with Gasteiger partial charge in [-0.05, 0) is 12.1 Å². The summed E-state index contributed by atoms with van der Waals surface area (Å²) in [6, 6.07) is 8.53. The van der Waals surface area contributed by atoms with Crippen LogP contribution in [-0.4, -0.2) is 22.9 Å². The van der Waals surface area contributed by atoms with E-state index in [1.165, 1.54) is 0 Å². The summed E-state index contributed by atoms with van der Waals surface area (Å²) >= 11 is 0. The van der Waals surface area contributed by atoms with Crippen molar-refractivity contribution >= 4 is 14.4 Å². The Kier molecular flexibility index (Phi) is 5.79. The van der Waals surface area contributed by atoms with Gasteiger partial charge in [-0.15, -0.1) is 0 Å². The molecule has 5 nitrogen and oxygen atoms in total. The van der Waals surface area contributed by atoms with E-state index in [2.05, 4.69) is 0 Å². The van der Waals surface area contributed by atoms with Crippen LogP contribution in [0.2, 0.25) is 0 Å². The fourth-order valence-corrected chi connectivity index (χ4v) is 0.993. The summed E-state index contributed by atoms with van der Waals surface area (Å²) in [5.74, 6) is 0.459. The van der Waals surface area contributed by atoms with E-state index < -0.39 is 13.9 Å². The number of rotatable bonds is 3. The van der Waals surface area contributed by atoms with Crippen molar-refractivity contribution in [1.82, 2.24) is 0 Å². The predicted octanol–water partition coefficient (Wildman–Crippen LogP) is 1.02. The largest absolute Gasteiger partial charge is 0.481 e. The number of hydrogen-bond acceptors (Lipinski definition) is 3. The van der Waals surface area contributed by atoms with E-state index in [0.717, 1.165) is 0 Å². The summed E-state index contributed by atoms with van der Waals surface area (Å²) in [4.78, 5) is 24.9. The molecule has 0 amide bonds. The van der Waals surface area contributed by atoms with E-state index >= 15 is 0 Å². The molecule has 0 aromatic heterocycles. The molecular formula is C8H11O5P. The molecule has 0 heterocycles. The van der Waals surface area contributed by atoms with Gasteiger partial charge in [-0.2, -0.15) is 0 Å². The molecule has 0 fully saturated rings. The summed E-state index contributed by atoms with van der Waals surface area (Å²) in [5, 5.41) is 0. The van der Waals surface area contributed by atoms with E-state index in [1.54, 1.807) is 30.3 Å². The van der Waals surface area contributed by atoms with Crippen LogP contribution in [0.4, 0.5) is 0 Å². The molecule has 0 radical (unpaired) electrons. The van der Waals surface area contributed by atoms with Crippen LogP contribution < -0.4 is 4.74 Å². The first-order chi connectivity index (χ1) is 6.58. The highest BCUT2D eigenvalue weighted by molar-refractivity contribution is 7.51. The first-order valence-corrected chi connectivity index (χ1v) is 5.39. The summed E-state index contributed by atoms with van der Waals surface area (Å²) in [7, 11) is -4.05. The van der Waals surface area contributed by atoms with E-state index in [1.807, 2.05) is 6.79 Å². The van der Waals surface area contributed by atoms with E-state index in [0.29, 0.717) is 5.75 Å². The Morgan fingerprint density at radius 1 is 1.21 bits per heavy atom. The maximum absolute atomic E-state index is 10.4. The number of carbonyl (C=O) groups excluding carboxylic acids is 1. The lowest BCUT2D eigenvalue weighted by Gasteiger charge is -2.06. The average Bonchev–Trinajstić information content (AvgIpc) is 2.19. The lowest BCUT2D eigenvalue weighted by atomic mass is 10.3. The lowest BCUT2D eigenvalue weighted by molar-refractivity contribution is -0.0979. The monoisotopic (exact) mass is 218 g/mol. The fourth-order valence-electron chi connectivity index (χ4n) is 0.675. The minimum Gasteiger partial charge on any atom is -0.481 e. The highest BCUT2D eigenvalue weighted by Crippen LogP contribution is 2.34. The zero-order valence-electron chi connectivity index (χ0n) is 7.37. The smallest absolute Gasteiger partial charge is 0.362 e. The van der Waals surface area contributed by atoms with E-state index in [9.17, 15) is 4.57 Å². The molecule has 1 aromatic carbocycles. The summed E-state index contributed by atoms with van der Waals surface area (Å²) in [5.41, 5.74) is 0. The van der Waals surface area contributed by atoms with Crippen LogP contribution in [0, 0.1) is 0 Å². The maximum Gasteiger partial charge on any atom is 0.362 e. The first-order valence-electron chi connectivity index (χ1n) is 3.59. The number of hydrogen-bond donors (Lipinski definition) is 2. The molecule has 78 valence electrons. The summed E-state index contributed by atoms with van der Waals surface area (Å²) < 4.78 is 15.2. The van der Waals surface area contributed by atoms with E-state index in [4.69, 9.17) is 19.3 Å². The number of benzene rings is 1. The quantitative estimate of drug-likeness (QED) is 0.740. The normalized spacial score (nSPS) is 9.86. The Balaban J connectivity index is 0.000000791. The Labute approximate surface area is 81.5 Å². The molecule has 0 aliphatic heterocycles. The molecule has 1 aromatic rings. The summed E-state index contributed by atoms with van der Waals surface area (Å²) in [6.07, 6.45) is -0.572. The topological polar surface area (TPSA) is 83.8 Å². The van der Waals surface area contributed by atoms with Crippen LogP contribution in [0.15, 0.2) is 30.3 Å². The van der Waals surface area contributed by atoms with Crippen molar-refractivity contribution in [3.63, 3.8) is 0 Å². The minimum atomic E-state index is -4.05. The number of carbonyl (C=O) groups is 1. The number of ether oxygens (including phenoxy) is 1. The van der Waals surface area contributed by atoms with Crippen molar-refractivity contribution in [1.29, 1.82) is 0 Å². The van der Waals surface area contributed by atoms with Gasteiger partial charge in [-0.3, -0.25) is 4.57 Å². The Bertz CT molecular complexity index is 294. The highest BCUT2D eigenvalue weighted by atomic mass is 31.2. The predicted molar refractivity (Wildman–Crippen MR) is 51.1 cm³/mol. The van der Waals surface area contributed by atoms with Gasteiger partial charge in [0.2, 0.25) is 0 Å². The van der Waals surface area contributed by atoms with Crippen LogP contribution in [0.3, 0.4) is 0 Å². The first kappa shape index (κ1) is 12.8. The second-order valence-electron chi connectivity index (χ2n) is 2.25. The van der Waals surface area contributed by atoms with Gasteiger partial charge in [-0.1, -0.05) is 18.2 Å². The van der Waals surface area contributed by atoms with Gasteiger partial charge in [0.1, 0.15) is 12.5 Å². The third-order valence-corrected chi connectivity index (χ3v) is 1.61.